The van der Waals surface area contributed by atoms with Gasteiger partial charge in [-0.05, 0) is 6.92 Å². The van der Waals surface area contributed by atoms with Crippen LogP contribution in [-0.4, -0.2) is 5.11 Å². The quantitative estimate of drug-likeness (QED) is 0.352. The van der Waals surface area contributed by atoms with Crippen molar-refractivity contribution in [1.29, 1.82) is 5.26 Å². The van der Waals surface area contributed by atoms with Crippen LogP contribution in [-0.2, 0) is 0 Å². The Labute approximate surface area is 37.3 Å². The number of allylic oxidation sites excluding steroid dienone is 1. The number of hydrogen-bond donors (Lipinski definition) is 1. The zero-order valence-electron chi connectivity index (χ0n) is 3.68. The highest BCUT2D eigenvalue weighted by atomic mass is 16.2. The van der Waals surface area contributed by atoms with E-state index in [1.165, 1.54) is 0 Å². The summed E-state index contributed by atoms with van der Waals surface area (Å²) in [6, 6.07) is 0. The van der Waals surface area contributed by atoms with Gasteiger partial charge in [0.2, 0.25) is 0 Å². The standard InChI is InChI=1S/C3H6.CHNO/c1-3-2;2-1-3/h3H,1H2,2H3;3H. The van der Waals surface area contributed by atoms with E-state index in [1.807, 2.05) is 6.92 Å². The van der Waals surface area contributed by atoms with Gasteiger partial charge in [-0.2, -0.15) is 5.26 Å². The Kier molecular flexibility index (Phi) is 51.7. The molecule has 0 atom stereocenters. The molecule has 1 N–H and O–H groups in total. The lowest BCUT2D eigenvalue weighted by molar-refractivity contribution is 0.503. The summed E-state index contributed by atoms with van der Waals surface area (Å²) in [5.41, 5.74) is 0. The number of aliphatic hydroxyl groups excluding tert-OH is 1. The molecule has 34 valence electrons. The van der Waals surface area contributed by atoms with Crippen LogP contribution in [0.15, 0.2) is 12.7 Å². The highest BCUT2D eigenvalue weighted by molar-refractivity contribution is 4.51. The maximum Gasteiger partial charge on any atom is 0.283 e. The van der Waals surface area contributed by atoms with Crippen LogP contribution in [0.1, 0.15) is 6.92 Å². The average Bonchev–Trinajstić information content (AvgIpc) is 1.39. The Morgan fingerprint density at radius 1 is 2.00 bits per heavy atom. The maximum absolute atomic E-state index is 6.88. The maximum atomic E-state index is 6.88. The fourth-order valence-corrected chi connectivity index (χ4v) is 0. The number of hydrogen-bond acceptors (Lipinski definition) is 2. The number of aliphatic hydroxyl groups is 1. The average molecular weight is 85.1 g/mol. The van der Waals surface area contributed by atoms with Crippen LogP contribution in [0.3, 0.4) is 0 Å². The van der Waals surface area contributed by atoms with E-state index in [2.05, 4.69) is 6.58 Å². The molecule has 0 spiro atoms. The Morgan fingerprint density at radius 2 is 2.00 bits per heavy atom. The molecule has 0 amide bonds. The van der Waals surface area contributed by atoms with E-state index in [-0.39, 0.29) is 0 Å². The molecule has 0 aromatic carbocycles. The molecule has 0 fully saturated rings. The van der Waals surface area contributed by atoms with E-state index in [1.54, 1.807) is 6.08 Å². The van der Waals surface area contributed by atoms with E-state index in [4.69, 9.17) is 10.4 Å². The van der Waals surface area contributed by atoms with Gasteiger partial charge < -0.3 is 5.11 Å². The summed E-state index contributed by atoms with van der Waals surface area (Å²) >= 11 is 0. The van der Waals surface area contributed by atoms with Gasteiger partial charge in [-0.1, -0.05) is 6.08 Å². The summed E-state index contributed by atoms with van der Waals surface area (Å²) in [6.45, 7) is 5.25. The third kappa shape index (κ3) is 13.3. The van der Waals surface area contributed by atoms with Crippen LogP contribution >= 0.6 is 0 Å². The third-order valence-corrected chi connectivity index (χ3v) is 0. The lowest BCUT2D eigenvalue weighted by Crippen LogP contribution is -1.27. The molecular weight excluding hydrogens is 78.0 g/mol. The largest absolute Gasteiger partial charge is 0.443 e. The molecule has 0 unspecified atom stereocenters. The van der Waals surface area contributed by atoms with E-state index in [0.717, 1.165) is 6.26 Å². The summed E-state index contributed by atoms with van der Waals surface area (Å²) in [6.07, 6.45) is 2.50. The van der Waals surface area contributed by atoms with E-state index in [0.29, 0.717) is 0 Å². The molecule has 0 rings (SSSR count). The Morgan fingerprint density at radius 3 is 2.00 bits per heavy atom. The summed E-state index contributed by atoms with van der Waals surface area (Å²) in [5.74, 6) is 0. The van der Waals surface area contributed by atoms with Crippen LogP contribution in [0.2, 0.25) is 0 Å². The van der Waals surface area contributed by atoms with Crippen molar-refractivity contribution >= 4 is 0 Å². The number of rotatable bonds is 0. The fourth-order valence-electron chi connectivity index (χ4n) is 0. The van der Waals surface area contributed by atoms with Crippen molar-refractivity contribution in [2.45, 2.75) is 6.92 Å². The first-order valence-electron chi connectivity index (χ1n) is 1.43. The van der Waals surface area contributed by atoms with Crippen molar-refractivity contribution in [3.63, 3.8) is 0 Å². The lowest BCUT2D eigenvalue weighted by atomic mass is 10.8. The van der Waals surface area contributed by atoms with Crippen molar-refractivity contribution in [1.82, 2.24) is 0 Å². The Balaban J connectivity index is 0. The molecule has 0 saturated heterocycles. The summed E-state index contributed by atoms with van der Waals surface area (Å²) in [5, 5.41) is 13.8. The molecule has 0 saturated carbocycles. The predicted molar refractivity (Wildman–Crippen MR) is 23.4 cm³/mol. The molecule has 0 bridgehead atoms. The van der Waals surface area contributed by atoms with Gasteiger partial charge in [-0.25, -0.2) is 0 Å². The molecule has 0 radical (unpaired) electrons. The molecule has 2 nitrogen and oxygen atoms in total. The van der Waals surface area contributed by atoms with Crippen molar-refractivity contribution in [2.24, 2.45) is 0 Å². The summed E-state index contributed by atoms with van der Waals surface area (Å²) in [4.78, 5) is 0. The van der Waals surface area contributed by atoms with Gasteiger partial charge in [0.05, 0.1) is 0 Å². The number of nitriles is 1. The first kappa shape index (κ1) is 8.90. The number of nitrogens with zero attached hydrogens (tertiary/aromatic N) is 1. The second kappa shape index (κ2) is 34.9. The fraction of sp³-hybridized carbons (Fsp3) is 0.250. The molecule has 0 heterocycles. The summed E-state index contributed by atoms with van der Waals surface area (Å²) in [7, 11) is 0. The van der Waals surface area contributed by atoms with E-state index < -0.39 is 0 Å². The van der Waals surface area contributed by atoms with Gasteiger partial charge in [0, 0.05) is 0 Å². The smallest absolute Gasteiger partial charge is 0.283 e. The molecular formula is C4H7NO. The van der Waals surface area contributed by atoms with Crippen LogP contribution in [0, 0.1) is 11.5 Å². The Hall–Kier alpha value is -0.970. The zero-order chi connectivity index (χ0) is 5.41. The zero-order valence-corrected chi connectivity index (χ0v) is 3.68. The van der Waals surface area contributed by atoms with E-state index >= 15 is 0 Å². The third-order valence-electron chi connectivity index (χ3n) is 0. The molecule has 0 aliphatic rings. The molecule has 0 aromatic heterocycles. The summed E-state index contributed by atoms with van der Waals surface area (Å²) < 4.78 is 0. The van der Waals surface area contributed by atoms with Crippen LogP contribution < -0.4 is 0 Å². The van der Waals surface area contributed by atoms with Crippen molar-refractivity contribution < 1.29 is 5.11 Å². The Bertz CT molecular complexity index is 53.1. The monoisotopic (exact) mass is 85.1 g/mol. The topological polar surface area (TPSA) is 44.0 Å². The van der Waals surface area contributed by atoms with Gasteiger partial charge in [0.15, 0.2) is 0 Å². The van der Waals surface area contributed by atoms with Crippen LogP contribution in [0.5, 0.6) is 0 Å². The normalized spacial score (nSPS) is 3.33. The van der Waals surface area contributed by atoms with Gasteiger partial charge in [-0.3, -0.25) is 0 Å². The van der Waals surface area contributed by atoms with Gasteiger partial charge in [0.1, 0.15) is 0 Å². The molecule has 0 aliphatic heterocycles. The SMILES string of the molecule is C=CC.N#CO. The lowest BCUT2D eigenvalue weighted by Gasteiger charge is -1.31. The molecule has 0 aromatic rings. The molecule has 2 heteroatoms. The second-order valence-electron chi connectivity index (χ2n) is 0.508. The minimum atomic E-state index is 0.750. The minimum absolute atomic E-state index is 0.750. The van der Waals surface area contributed by atoms with Crippen molar-refractivity contribution in [3.8, 4) is 6.26 Å². The molecule has 6 heavy (non-hydrogen) atoms. The van der Waals surface area contributed by atoms with Gasteiger partial charge in [-0.15, -0.1) is 6.58 Å². The van der Waals surface area contributed by atoms with Crippen LogP contribution in [0.25, 0.3) is 0 Å². The minimum Gasteiger partial charge on any atom is -0.443 e. The first-order valence-corrected chi connectivity index (χ1v) is 1.43. The van der Waals surface area contributed by atoms with Gasteiger partial charge >= 0.3 is 0 Å². The highest BCUT2D eigenvalue weighted by Gasteiger charge is 1.16. The van der Waals surface area contributed by atoms with Crippen molar-refractivity contribution in [2.75, 3.05) is 0 Å². The van der Waals surface area contributed by atoms with Crippen LogP contribution in [0.4, 0.5) is 0 Å². The van der Waals surface area contributed by atoms with E-state index in [9.17, 15) is 0 Å². The highest BCUT2D eigenvalue weighted by Crippen LogP contribution is 1.38. The van der Waals surface area contributed by atoms with Crippen molar-refractivity contribution in [3.05, 3.63) is 12.7 Å². The predicted octanol–water partition coefficient (Wildman–Crippen LogP) is 1.03. The first-order chi connectivity index (χ1) is 2.83. The molecule has 0 aliphatic carbocycles. The second-order valence-corrected chi connectivity index (χ2v) is 0.508. The van der Waals surface area contributed by atoms with Gasteiger partial charge in [0.25, 0.3) is 6.26 Å².